The first kappa shape index (κ1) is 20.0. The first-order chi connectivity index (χ1) is 13.4. The molecular formula is C24H32BrNO2. The van der Waals surface area contributed by atoms with Crippen LogP contribution in [0.25, 0.3) is 0 Å². The van der Waals surface area contributed by atoms with Crippen molar-refractivity contribution in [3.05, 3.63) is 46.5 Å². The van der Waals surface area contributed by atoms with E-state index in [2.05, 4.69) is 73.1 Å². The van der Waals surface area contributed by atoms with E-state index >= 15 is 0 Å². The van der Waals surface area contributed by atoms with Crippen molar-refractivity contribution in [3.63, 3.8) is 0 Å². The molecule has 2 bridgehead atoms. The number of halogens is 1. The fourth-order valence-corrected chi connectivity index (χ4v) is 6.16. The van der Waals surface area contributed by atoms with Crippen molar-refractivity contribution in [2.75, 3.05) is 6.54 Å². The third-order valence-corrected chi connectivity index (χ3v) is 8.19. The van der Waals surface area contributed by atoms with E-state index in [0.29, 0.717) is 17.8 Å². The van der Waals surface area contributed by atoms with E-state index < -0.39 is 0 Å². The standard InChI is InChI=1S/C24H32BrNO2/c1-16-9-11-19(24(2,3)18-7-5-4-6-8-18)22(13-16)28-23(27)26-15-17-10-12-20(25)21(26)14-17/h4-8,12,16-17,19,21-22H,9-11,13-15H2,1-3H3/t16-,17+,19-,21+,22-/m1/s1. The van der Waals surface area contributed by atoms with Crippen LogP contribution in [0.3, 0.4) is 0 Å². The van der Waals surface area contributed by atoms with Crippen LogP contribution in [0.4, 0.5) is 4.79 Å². The Morgan fingerprint density at radius 3 is 2.68 bits per heavy atom. The van der Waals surface area contributed by atoms with Gasteiger partial charge in [0.1, 0.15) is 6.10 Å². The average molecular weight is 446 g/mol. The second-order valence-electron chi connectivity index (χ2n) is 9.63. The van der Waals surface area contributed by atoms with Crippen LogP contribution in [-0.2, 0) is 10.2 Å². The summed E-state index contributed by atoms with van der Waals surface area (Å²) in [4.78, 5) is 15.1. The van der Waals surface area contributed by atoms with Crippen LogP contribution in [-0.4, -0.2) is 29.7 Å². The molecule has 2 aliphatic carbocycles. The van der Waals surface area contributed by atoms with E-state index in [1.165, 1.54) is 12.0 Å². The zero-order chi connectivity index (χ0) is 19.9. The lowest BCUT2D eigenvalue weighted by Gasteiger charge is -2.44. The van der Waals surface area contributed by atoms with E-state index in [0.717, 1.165) is 36.7 Å². The minimum atomic E-state index is -0.118. The van der Waals surface area contributed by atoms with Gasteiger partial charge in [-0.15, -0.1) is 0 Å². The predicted octanol–water partition coefficient (Wildman–Crippen LogP) is 6.28. The van der Waals surface area contributed by atoms with E-state index in [-0.39, 0.29) is 23.7 Å². The van der Waals surface area contributed by atoms with Crippen LogP contribution in [0, 0.1) is 17.8 Å². The van der Waals surface area contributed by atoms with E-state index in [9.17, 15) is 4.79 Å². The van der Waals surface area contributed by atoms with Crippen molar-refractivity contribution in [2.24, 2.45) is 17.8 Å². The lowest BCUT2D eigenvalue weighted by Crippen LogP contribution is -2.46. The fourth-order valence-electron chi connectivity index (χ4n) is 5.54. The molecule has 0 N–H and O–H groups in total. The Bertz CT molecular complexity index is 744. The maximum absolute atomic E-state index is 13.2. The molecule has 0 spiro atoms. The first-order valence-corrected chi connectivity index (χ1v) is 11.5. The number of nitrogens with zero attached hydrogens (tertiary/aromatic N) is 1. The summed E-state index contributed by atoms with van der Waals surface area (Å²) in [5, 5.41) is 0. The number of amides is 1. The maximum atomic E-state index is 13.2. The molecule has 1 heterocycles. The lowest BCUT2D eigenvalue weighted by molar-refractivity contribution is -0.0181. The third-order valence-electron chi connectivity index (χ3n) is 7.34. The number of ether oxygens (including phenoxy) is 1. The number of likely N-dealkylation sites (tertiary alicyclic amines) is 1. The van der Waals surface area contributed by atoms with Crippen LogP contribution in [0.15, 0.2) is 40.9 Å². The molecular weight excluding hydrogens is 414 g/mol. The van der Waals surface area contributed by atoms with Gasteiger partial charge in [0.15, 0.2) is 0 Å². The highest BCUT2D eigenvalue weighted by Gasteiger charge is 2.45. The Kier molecular flexibility index (Phi) is 5.61. The molecule has 3 aliphatic rings. The lowest BCUT2D eigenvalue weighted by atomic mass is 9.64. The van der Waals surface area contributed by atoms with Crippen LogP contribution >= 0.6 is 15.9 Å². The Labute approximate surface area is 177 Å². The van der Waals surface area contributed by atoms with Crippen LogP contribution < -0.4 is 0 Å². The second-order valence-corrected chi connectivity index (χ2v) is 10.5. The van der Waals surface area contributed by atoms with E-state index in [1.807, 2.05) is 4.90 Å². The van der Waals surface area contributed by atoms with Gasteiger partial charge >= 0.3 is 6.09 Å². The van der Waals surface area contributed by atoms with Gasteiger partial charge in [0.05, 0.1) is 6.04 Å². The molecule has 28 heavy (non-hydrogen) atoms. The van der Waals surface area contributed by atoms with Crippen molar-refractivity contribution in [3.8, 4) is 0 Å². The Morgan fingerprint density at radius 2 is 1.93 bits per heavy atom. The number of hydrogen-bond acceptors (Lipinski definition) is 2. The first-order valence-electron chi connectivity index (χ1n) is 10.7. The maximum Gasteiger partial charge on any atom is 0.410 e. The fraction of sp³-hybridized carbons (Fsp3) is 0.625. The summed E-state index contributed by atoms with van der Waals surface area (Å²) in [7, 11) is 0. The van der Waals surface area contributed by atoms with Crippen LogP contribution in [0.1, 0.15) is 58.4 Å². The van der Waals surface area contributed by atoms with E-state index in [1.54, 1.807) is 0 Å². The van der Waals surface area contributed by atoms with Crippen molar-refractivity contribution >= 4 is 22.0 Å². The van der Waals surface area contributed by atoms with Crippen molar-refractivity contribution in [1.29, 1.82) is 0 Å². The van der Waals surface area contributed by atoms with Crippen molar-refractivity contribution in [2.45, 2.75) is 70.4 Å². The van der Waals surface area contributed by atoms with Crippen molar-refractivity contribution in [1.82, 2.24) is 4.90 Å². The SMILES string of the molecule is C[C@@H]1CC[C@@H](C(C)(C)c2ccccc2)[C@H](OC(=O)N2C[C@H]3CC=C(Br)[C@@H]2C3)C1. The normalized spacial score (nSPS) is 32.8. The number of benzene rings is 1. The third kappa shape index (κ3) is 3.77. The molecule has 1 aliphatic heterocycles. The highest BCUT2D eigenvalue weighted by molar-refractivity contribution is 9.11. The summed E-state index contributed by atoms with van der Waals surface area (Å²) < 4.78 is 7.41. The van der Waals surface area contributed by atoms with Gasteiger partial charge in [-0.05, 0) is 48.5 Å². The van der Waals surface area contributed by atoms with Gasteiger partial charge in [-0.25, -0.2) is 4.79 Å². The molecule has 1 amide bonds. The molecule has 2 fully saturated rings. The van der Waals surface area contributed by atoms with Gasteiger partial charge in [0.2, 0.25) is 0 Å². The molecule has 0 unspecified atom stereocenters. The summed E-state index contributed by atoms with van der Waals surface area (Å²) in [6, 6.07) is 10.9. The minimum Gasteiger partial charge on any atom is -0.446 e. The van der Waals surface area contributed by atoms with Gasteiger partial charge in [-0.2, -0.15) is 0 Å². The van der Waals surface area contributed by atoms with E-state index in [4.69, 9.17) is 4.74 Å². The number of allylic oxidation sites excluding steroid dienone is 1. The largest absolute Gasteiger partial charge is 0.446 e. The van der Waals surface area contributed by atoms with Gasteiger partial charge in [0.25, 0.3) is 0 Å². The Hall–Kier alpha value is -1.29. The van der Waals surface area contributed by atoms with Crippen molar-refractivity contribution < 1.29 is 9.53 Å². The Morgan fingerprint density at radius 1 is 1.18 bits per heavy atom. The molecule has 4 rings (SSSR count). The summed E-state index contributed by atoms with van der Waals surface area (Å²) in [6.45, 7) is 7.73. The second kappa shape index (κ2) is 7.85. The minimum absolute atomic E-state index is 0.0188. The summed E-state index contributed by atoms with van der Waals surface area (Å²) in [6.07, 6.45) is 7.50. The van der Waals surface area contributed by atoms with Gasteiger partial charge in [0, 0.05) is 16.9 Å². The zero-order valence-electron chi connectivity index (χ0n) is 17.2. The summed E-state index contributed by atoms with van der Waals surface area (Å²) in [5.41, 5.74) is 1.31. The average Bonchev–Trinajstić information content (AvgIpc) is 3.04. The molecule has 152 valence electrons. The van der Waals surface area contributed by atoms with Gasteiger partial charge in [-0.3, -0.25) is 0 Å². The smallest absolute Gasteiger partial charge is 0.410 e. The molecule has 5 atom stereocenters. The summed E-state index contributed by atoms with van der Waals surface area (Å²) >= 11 is 3.67. The molecule has 3 nitrogen and oxygen atoms in total. The zero-order valence-corrected chi connectivity index (χ0v) is 18.8. The number of rotatable bonds is 3. The quantitative estimate of drug-likeness (QED) is 0.547. The monoisotopic (exact) mass is 445 g/mol. The molecule has 4 heteroatoms. The number of carbonyl (C=O) groups excluding carboxylic acids is 1. The Balaban J connectivity index is 1.52. The highest BCUT2D eigenvalue weighted by Crippen LogP contribution is 2.44. The van der Waals surface area contributed by atoms with Gasteiger partial charge < -0.3 is 9.64 Å². The molecule has 1 saturated heterocycles. The van der Waals surface area contributed by atoms with Crippen LogP contribution in [0.2, 0.25) is 0 Å². The highest BCUT2D eigenvalue weighted by atomic mass is 79.9. The van der Waals surface area contributed by atoms with Crippen LogP contribution in [0.5, 0.6) is 0 Å². The van der Waals surface area contributed by atoms with Gasteiger partial charge in [-0.1, -0.05) is 79.5 Å². The molecule has 1 saturated carbocycles. The molecule has 1 aromatic rings. The molecule has 0 radical (unpaired) electrons. The number of fused-ring (bicyclic) bond motifs is 2. The predicted molar refractivity (Wildman–Crippen MR) is 116 cm³/mol. The summed E-state index contributed by atoms with van der Waals surface area (Å²) in [5.74, 6) is 1.53. The number of hydrogen-bond donors (Lipinski definition) is 0. The number of carbonyl (C=O) groups is 1. The molecule has 1 aromatic carbocycles. The topological polar surface area (TPSA) is 29.5 Å². The molecule has 0 aromatic heterocycles.